The fourth-order valence-corrected chi connectivity index (χ4v) is 1.36. The number of carbonyl (C=O) groups excluding carboxylic acids is 1. The molecule has 0 spiro atoms. The maximum absolute atomic E-state index is 13.3. The lowest BCUT2D eigenvalue weighted by atomic mass is 10.1. The van der Waals surface area contributed by atoms with Gasteiger partial charge in [-0.3, -0.25) is 4.79 Å². The van der Waals surface area contributed by atoms with E-state index in [1.54, 1.807) is 6.07 Å². The zero-order chi connectivity index (χ0) is 12.8. The Labute approximate surface area is 101 Å². The number of rotatable bonds is 6. The van der Waals surface area contributed by atoms with E-state index < -0.39 is 5.82 Å². The zero-order valence-corrected chi connectivity index (χ0v) is 10.3. The van der Waals surface area contributed by atoms with Crippen LogP contribution >= 0.6 is 0 Å². The molecular weight excluding hydrogens is 223 g/mol. The molecule has 0 unspecified atom stereocenters. The smallest absolute Gasteiger partial charge is 0.165 e. The topological polar surface area (TPSA) is 35.5 Å². The van der Waals surface area contributed by atoms with Crippen LogP contribution in [0.5, 0.6) is 5.75 Å². The Bertz CT molecular complexity index is 388. The monoisotopic (exact) mass is 240 g/mol. The minimum Gasteiger partial charge on any atom is -0.494 e. The van der Waals surface area contributed by atoms with Crippen molar-refractivity contribution in [2.75, 3.05) is 13.7 Å². The van der Waals surface area contributed by atoms with E-state index in [0.29, 0.717) is 5.56 Å². The van der Waals surface area contributed by atoms with Crippen LogP contribution in [-0.4, -0.2) is 25.6 Å². The molecule has 0 aliphatic rings. The molecule has 3 nitrogen and oxygen atoms in total. The number of carbonyl (C=O) groups is 1. The second-order valence-electron chi connectivity index (χ2n) is 4.04. The van der Waals surface area contributed by atoms with Crippen LogP contribution in [-0.2, 0) is 16.0 Å². The summed E-state index contributed by atoms with van der Waals surface area (Å²) < 4.78 is 23.3. The van der Waals surface area contributed by atoms with Crippen molar-refractivity contribution in [3.8, 4) is 5.75 Å². The van der Waals surface area contributed by atoms with Crippen LogP contribution in [0.4, 0.5) is 4.39 Å². The number of methoxy groups -OCH3 is 1. The number of hydrogen-bond acceptors (Lipinski definition) is 3. The van der Waals surface area contributed by atoms with Gasteiger partial charge in [0, 0.05) is 6.42 Å². The molecule has 0 atom stereocenters. The largest absolute Gasteiger partial charge is 0.494 e. The molecule has 1 rings (SSSR count). The fraction of sp³-hybridized carbons (Fsp3) is 0.462. The standard InChI is InChI=1S/C13H17FO3/c1-9(2)17-8-11(15)6-10-4-5-13(16-3)12(14)7-10/h4-5,7,9H,6,8H2,1-3H3. The number of ketones is 1. The van der Waals surface area contributed by atoms with Crippen molar-refractivity contribution in [1.29, 1.82) is 0 Å². The molecule has 4 heteroatoms. The number of hydrogen-bond donors (Lipinski definition) is 0. The summed E-state index contributed by atoms with van der Waals surface area (Å²) in [4.78, 5) is 11.5. The van der Waals surface area contributed by atoms with Gasteiger partial charge in [-0.1, -0.05) is 6.07 Å². The minimum atomic E-state index is -0.456. The minimum absolute atomic E-state index is 0.0200. The van der Waals surface area contributed by atoms with E-state index in [4.69, 9.17) is 9.47 Å². The van der Waals surface area contributed by atoms with Crippen LogP contribution in [0.2, 0.25) is 0 Å². The van der Waals surface area contributed by atoms with Crippen molar-refractivity contribution in [2.45, 2.75) is 26.4 Å². The number of halogens is 1. The lowest BCUT2D eigenvalue weighted by molar-refractivity contribution is -0.124. The summed E-state index contributed by atoms with van der Waals surface area (Å²) in [5.74, 6) is -0.342. The summed E-state index contributed by atoms with van der Waals surface area (Å²) in [5, 5.41) is 0. The zero-order valence-electron chi connectivity index (χ0n) is 10.3. The van der Waals surface area contributed by atoms with Crippen molar-refractivity contribution >= 4 is 5.78 Å². The highest BCUT2D eigenvalue weighted by molar-refractivity contribution is 5.82. The third-order valence-electron chi connectivity index (χ3n) is 2.20. The molecule has 1 aromatic rings. The lowest BCUT2D eigenvalue weighted by Crippen LogP contribution is -2.15. The van der Waals surface area contributed by atoms with Crippen LogP contribution in [0.15, 0.2) is 18.2 Å². The van der Waals surface area contributed by atoms with Gasteiger partial charge in [-0.2, -0.15) is 0 Å². The Balaban J connectivity index is 2.57. The maximum atomic E-state index is 13.3. The van der Waals surface area contributed by atoms with Gasteiger partial charge in [0.15, 0.2) is 17.3 Å². The average molecular weight is 240 g/mol. The predicted molar refractivity (Wildman–Crippen MR) is 62.8 cm³/mol. The molecule has 0 bridgehead atoms. The number of ether oxygens (including phenoxy) is 2. The van der Waals surface area contributed by atoms with Gasteiger partial charge in [-0.05, 0) is 31.5 Å². The highest BCUT2D eigenvalue weighted by atomic mass is 19.1. The van der Waals surface area contributed by atoms with Crippen molar-refractivity contribution < 1.29 is 18.7 Å². The van der Waals surface area contributed by atoms with Crippen molar-refractivity contribution in [1.82, 2.24) is 0 Å². The van der Waals surface area contributed by atoms with Gasteiger partial charge in [0.05, 0.1) is 13.2 Å². The van der Waals surface area contributed by atoms with Crippen LogP contribution in [0, 0.1) is 5.82 Å². The van der Waals surface area contributed by atoms with Crippen LogP contribution in [0.25, 0.3) is 0 Å². The molecule has 0 saturated carbocycles. The summed E-state index contributed by atoms with van der Waals surface area (Å²) in [6, 6.07) is 4.50. The summed E-state index contributed by atoms with van der Waals surface area (Å²) in [6.07, 6.45) is 0.194. The highest BCUT2D eigenvalue weighted by Crippen LogP contribution is 2.18. The van der Waals surface area contributed by atoms with Crippen LogP contribution in [0.3, 0.4) is 0 Å². The van der Waals surface area contributed by atoms with E-state index in [0.717, 1.165) is 0 Å². The molecule has 0 amide bonds. The van der Waals surface area contributed by atoms with Crippen LogP contribution < -0.4 is 4.74 Å². The first kappa shape index (κ1) is 13.6. The van der Waals surface area contributed by atoms with Gasteiger partial charge >= 0.3 is 0 Å². The van der Waals surface area contributed by atoms with E-state index >= 15 is 0 Å². The Morgan fingerprint density at radius 2 is 2.12 bits per heavy atom. The van der Waals surface area contributed by atoms with Crippen LogP contribution in [0.1, 0.15) is 19.4 Å². The molecular formula is C13H17FO3. The highest BCUT2D eigenvalue weighted by Gasteiger charge is 2.08. The molecule has 0 N–H and O–H groups in total. The Morgan fingerprint density at radius 3 is 2.65 bits per heavy atom. The predicted octanol–water partition coefficient (Wildman–Crippen LogP) is 2.37. The summed E-state index contributed by atoms with van der Waals surface area (Å²) in [7, 11) is 1.40. The third kappa shape index (κ3) is 4.53. The number of Topliss-reactive ketones (excluding diaryl/α,β-unsaturated/α-hetero) is 1. The summed E-state index contributed by atoms with van der Waals surface area (Å²) in [6.45, 7) is 3.78. The summed E-state index contributed by atoms with van der Waals surface area (Å²) >= 11 is 0. The van der Waals surface area contributed by atoms with E-state index in [-0.39, 0.29) is 30.7 Å². The Morgan fingerprint density at radius 1 is 1.41 bits per heavy atom. The first-order chi connectivity index (χ1) is 8.02. The number of benzene rings is 1. The molecule has 0 fully saturated rings. The Kier molecular flexibility index (Phi) is 5.10. The Hall–Kier alpha value is -1.42. The second kappa shape index (κ2) is 6.35. The van der Waals surface area contributed by atoms with E-state index in [2.05, 4.69) is 0 Å². The quantitative estimate of drug-likeness (QED) is 0.765. The molecule has 0 aliphatic heterocycles. The third-order valence-corrected chi connectivity index (χ3v) is 2.20. The van der Waals surface area contributed by atoms with Gasteiger partial charge in [-0.25, -0.2) is 4.39 Å². The van der Waals surface area contributed by atoms with Gasteiger partial charge in [0.2, 0.25) is 0 Å². The van der Waals surface area contributed by atoms with Crippen molar-refractivity contribution in [3.63, 3.8) is 0 Å². The molecule has 0 heterocycles. The molecule has 0 aliphatic carbocycles. The molecule has 0 saturated heterocycles. The molecule has 0 radical (unpaired) electrons. The van der Waals surface area contributed by atoms with E-state index in [1.165, 1.54) is 19.2 Å². The molecule has 0 aromatic heterocycles. The normalized spacial score (nSPS) is 10.6. The molecule has 17 heavy (non-hydrogen) atoms. The van der Waals surface area contributed by atoms with Gasteiger partial charge in [0.25, 0.3) is 0 Å². The molecule has 94 valence electrons. The van der Waals surface area contributed by atoms with Crippen molar-refractivity contribution in [2.24, 2.45) is 0 Å². The summed E-state index contributed by atoms with van der Waals surface area (Å²) in [5.41, 5.74) is 0.626. The average Bonchev–Trinajstić information content (AvgIpc) is 2.26. The van der Waals surface area contributed by atoms with Gasteiger partial charge < -0.3 is 9.47 Å². The first-order valence-corrected chi connectivity index (χ1v) is 5.48. The van der Waals surface area contributed by atoms with Gasteiger partial charge in [0.1, 0.15) is 6.61 Å². The van der Waals surface area contributed by atoms with E-state index in [1.807, 2.05) is 13.8 Å². The van der Waals surface area contributed by atoms with Gasteiger partial charge in [-0.15, -0.1) is 0 Å². The maximum Gasteiger partial charge on any atom is 0.165 e. The first-order valence-electron chi connectivity index (χ1n) is 5.48. The molecule has 1 aromatic carbocycles. The SMILES string of the molecule is COc1ccc(CC(=O)COC(C)C)cc1F. The van der Waals surface area contributed by atoms with Crippen molar-refractivity contribution in [3.05, 3.63) is 29.6 Å². The lowest BCUT2D eigenvalue weighted by Gasteiger charge is -2.07. The van der Waals surface area contributed by atoms with E-state index in [9.17, 15) is 9.18 Å². The fourth-order valence-electron chi connectivity index (χ4n) is 1.36. The second-order valence-corrected chi connectivity index (χ2v) is 4.04.